The number of sulfonamides is 1. The van der Waals surface area contributed by atoms with Gasteiger partial charge in [-0.2, -0.15) is 0 Å². The minimum atomic E-state index is -3.86. The Hall–Kier alpha value is -1.22. The fraction of sp³-hybridized carbons (Fsp3) is 0.500. The van der Waals surface area contributed by atoms with Crippen molar-refractivity contribution in [3.63, 3.8) is 0 Å². The highest BCUT2D eigenvalue weighted by Crippen LogP contribution is 2.23. The maximum absolute atomic E-state index is 12.4. The Morgan fingerprint density at radius 3 is 2.38 bits per heavy atom. The molecule has 0 radical (unpaired) electrons. The predicted molar refractivity (Wildman–Crippen MR) is 83.2 cm³/mol. The van der Waals surface area contributed by atoms with Crippen LogP contribution in [-0.4, -0.2) is 25.4 Å². The highest BCUT2D eigenvalue weighted by atomic mass is 35.5. The van der Waals surface area contributed by atoms with E-state index >= 15 is 0 Å². The lowest BCUT2D eigenvalue weighted by Gasteiger charge is -2.24. The number of nitrogens with zero attached hydrogens (tertiary/aromatic N) is 1. The van der Waals surface area contributed by atoms with Gasteiger partial charge in [-0.3, -0.25) is 10.1 Å². The van der Waals surface area contributed by atoms with Gasteiger partial charge >= 0.3 is 0 Å². The normalized spacial score (nSPS) is 11.8. The van der Waals surface area contributed by atoms with E-state index in [1.165, 1.54) is 12.1 Å². The highest BCUT2D eigenvalue weighted by Gasteiger charge is 2.28. The molecule has 0 atom stereocenters. The first-order valence-electron chi connectivity index (χ1n) is 6.14. The summed E-state index contributed by atoms with van der Waals surface area (Å²) in [6, 6.07) is 3.84. The zero-order valence-electron chi connectivity index (χ0n) is 12.1. The molecule has 9 heteroatoms. The second-order valence-corrected chi connectivity index (χ2v) is 6.75. The number of nitro groups is 1. The van der Waals surface area contributed by atoms with Gasteiger partial charge in [0.2, 0.25) is 10.0 Å². The molecule has 0 aliphatic carbocycles. The highest BCUT2D eigenvalue weighted by molar-refractivity contribution is 7.89. The van der Waals surface area contributed by atoms with Crippen LogP contribution >= 0.6 is 12.4 Å². The van der Waals surface area contributed by atoms with Crippen molar-refractivity contribution in [2.24, 2.45) is 5.73 Å². The number of nitrogens with one attached hydrogen (secondary N) is 1. The van der Waals surface area contributed by atoms with Gasteiger partial charge in [0.15, 0.2) is 0 Å². The molecule has 21 heavy (non-hydrogen) atoms. The molecule has 0 aromatic heterocycles. The maximum atomic E-state index is 12.4. The van der Waals surface area contributed by atoms with Crippen molar-refractivity contribution in [3.05, 3.63) is 33.9 Å². The third-order valence-corrected chi connectivity index (χ3v) is 4.63. The number of nitro benzene ring substituents is 1. The summed E-state index contributed by atoms with van der Waals surface area (Å²) in [4.78, 5) is 10.1. The molecule has 0 aliphatic rings. The fourth-order valence-corrected chi connectivity index (χ4v) is 3.41. The summed E-state index contributed by atoms with van der Waals surface area (Å²) in [6.07, 6.45) is 0.456. The number of hydrogen-bond donors (Lipinski definition) is 2. The summed E-state index contributed by atoms with van der Waals surface area (Å²) in [5.41, 5.74) is 4.95. The molecule has 0 aliphatic heterocycles. The Labute approximate surface area is 130 Å². The number of aryl methyl sites for hydroxylation is 1. The number of non-ortho nitro benzene ring substituents is 1. The molecule has 3 N–H and O–H groups in total. The molecule has 0 heterocycles. The van der Waals surface area contributed by atoms with Crippen LogP contribution in [0.3, 0.4) is 0 Å². The Bertz CT molecular complexity index is 617. The van der Waals surface area contributed by atoms with Gasteiger partial charge in [0, 0.05) is 24.2 Å². The minimum absolute atomic E-state index is 0. The Balaban J connectivity index is 0.00000400. The van der Waals surface area contributed by atoms with E-state index in [-0.39, 0.29) is 29.5 Å². The van der Waals surface area contributed by atoms with Crippen LogP contribution in [0.5, 0.6) is 0 Å². The summed E-state index contributed by atoms with van der Waals surface area (Å²) in [7, 11) is -3.86. The first-order chi connectivity index (χ1) is 9.13. The molecule has 0 bridgehead atoms. The van der Waals surface area contributed by atoms with E-state index in [0.717, 1.165) is 6.07 Å². The molecule has 0 saturated heterocycles. The van der Waals surface area contributed by atoms with E-state index in [2.05, 4.69) is 4.72 Å². The first kappa shape index (κ1) is 19.8. The minimum Gasteiger partial charge on any atom is -0.329 e. The molecule has 7 nitrogen and oxygen atoms in total. The summed E-state index contributed by atoms with van der Waals surface area (Å²) in [5, 5.41) is 10.8. The molecule has 1 aromatic carbocycles. The van der Waals surface area contributed by atoms with Gasteiger partial charge in [0.1, 0.15) is 0 Å². The summed E-state index contributed by atoms with van der Waals surface area (Å²) in [6.45, 7) is 5.19. The lowest BCUT2D eigenvalue weighted by molar-refractivity contribution is -0.385. The zero-order valence-corrected chi connectivity index (χ0v) is 13.8. The van der Waals surface area contributed by atoms with Crippen molar-refractivity contribution in [3.8, 4) is 0 Å². The lowest BCUT2D eigenvalue weighted by atomic mass is 10.1. The van der Waals surface area contributed by atoms with E-state index < -0.39 is 20.5 Å². The van der Waals surface area contributed by atoms with Gasteiger partial charge in [-0.1, -0.05) is 13.0 Å². The largest absolute Gasteiger partial charge is 0.329 e. The number of hydrogen-bond acceptors (Lipinski definition) is 5. The summed E-state index contributed by atoms with van der Waals surface area (Å²) in [5.74, 6) is 0. The molecule has 0 spiro atoms. The summed E-state index contributed by atoms with van der Waals surface area (Å²) >= 11 is 0. The van der Waals surface area contributed by atoms with Crippen molar-refractivity contribution in [2.45, 2.75) is 37.6 Å². The molecule has 120 valence electrons. The monoisotopic (exact) mass is 337 g/mol. The van der Waals surface area contributed by atoms with Gasteiger partial charge in [0.25, 0.3) is 5.69 Å². The van der Waals surface area contributed by atoms with Crippen molar-refractivity contribution in [1.29, 1.82) is 0 Å². The SMILES string of the molecule is CCc1ccc([N+](=O)[O-])cc1S(=O)(=O)NC(C)(C)CN.Cl. The molecule has 1 aromatic rings. The van der Waals surface area contributed by atoms with Crippen LogP contribution in [-0.2, 0) is 16.4 Å². The average Bonchev–Trinajstić information content (AvgIpc) is 2.36. The topological polar surface area (TPSA) is 115 Å². The number of nitrogens with two attached hydrogens (primary N) is 1. The third kappa shape index (κ3) is 4.92. The number of halogens is 1. The molecule has 0 unspecified atom stereocenters. The van der Waals surface area contributed by atoms with Crippen LogP contribution in [0.1, 0.15) is 26.3 Å². The van der Waals surface area contributed by atoms with Gasteiger partial charge < -0.3 is 5.73 Å². The first-order valence-corrected chi connectivity index (χ1v) is 7.62. The molecule has 0 saturated carbocycles. The Morgan fingerprint density at radius 1 is 1.38 bits per heavy atom. The number of rotatable bonds is 6. The Kier molecular flexibility index (Phi) is 6.75. The van der Waals surface area contributed by atoms with Crippen molar-refractivity contribution < 1.29 is 13.3 Å². The van der Waals surface area contributed by atoms with Crippen LogP contribution < -0.4 is 10.5 Å². The van der Waals surface area contributed by atoms with Crippen LogP contribution in [0.2, 0.25) is 0 Å². The van der Waals surface area contributed by atoms with E-state index in [1.807, 2.05) is 0 Å². The molecule has 1 rings (SSSR count). The molecular formula is C12H20ClN3O4S. The van der Waals surface area contributed by atoms with E-state index in [4.69, 9.17) is 5.73 Å². The zero-order chi connectivity index (χ0) is 15.6. The van der Waals surface area contributed by atoms with Gasteiger partial charge in [-0.05, 0) is 25.8 Å². The summed E-state index contributed by atoms with van der Waals surface area (Å²) < 4.78 is 27.2. The van der Waals surface area contributed by atoms with E-state index in [1.54, 1.807) is 20.8 Å². The second-order valence-electron chi connectivity index (χ2n) is 5.10. The van der Waals surface area contributed by atoms with Gasteiger partial charge in [-0.15, -0.1) is 12.4 Å². The standard InChI is InChI=1S/C12H19N3O4S.ClH/c1-4-9-5-6-10(15(16)17)7-11(9)20(18,19)14-12(2,3)8-13;/h5-7,14H,4,8,13H2,1-3H3;1H. The van der Waals surface area contributed by atoms with Crippen molar-refractivity contribution in [1.82, 2.24) is 4.72 Å². The molecule has 0 amide bonds. The van der Waals surface area contributed by atoms with Crippen molar-refractivity contribution >= 4 is 28.1 Å². The van der Waals surface area contributed by atoms with Crippen LogP contribution in [0.25, 0.3) is 0 Å². The Morgan fingerprint density at radius 2 is 1.95 bits per heavy atom. The van der Waals surface area contributed by atoms with Gasteiger partial charge in [0.05, 0.1) is 9.82 Å². The second kappa shape index (κ2) is 7.17. The van der Waals surface area contributed by atoms with E-state index in [9.17, 15) is 18.5 Å². The van der Waals surface area contributed by atoms with Crippen LogP contribution in [0, 0.1) is 10.1 Å². The van der Waals surface area contributed by atoms with E-state index in [0.29, 0.717) is 12.0 Å². The smallest absolute Gasteiger partial charge is 0.270 e. The maximum Gasteiger partial charge on any atom is 0.270 e. The molecular weight excluding hydrogens is 318 g/mol. The number of benzene rings is 1. The predicted octanol–water partition coefficient (Wildman–Crippen LogP) is 1.59. The van der Waals surface area contributed by atoms with Crippen LogP contribution in [0.4, 0.5) is 5.69 Å². The average molecular weight is 338 g/mol. The molecule has 0 fully saturated rings. The lowest BCUT2D eigenvalue weighted by Crippen LogP contribution is -2.48. The quantitative estimate of drug-likeness (QED) is 0.604. The van der Waals surface area contributed by atoms with Crippen LogP contribution in [0.15, 0.2) is 23.1 Å². The van der Waals surface area contributed by atoms with Gasteiger partial charge in [-0.25, -0.2) is 13.1 Å². The fourth-order valence-electron chi connectivity index (χ4n) is 1.66. The third-order valence-electron chi connectivity index (χ3n) is 2.85. The van der Waals surface area contributed by atoms with Crippen molar-refractivity contribution in [2.75, 3.05) is 6.54 Å².